The van der Waals surface area contributed by atoms with Gasteiger partial charge >= 0.3 is 0 Å². The molecule has 1 aliphatic heterocycles. The fraction of sp³-hybridized carbons (Fsp3) is 0.583. The van der Waals surface area contributed by atoms with Crippen molar-refractivity contribution in [1.29, 1.82) is 0 Å². The lowest BCUT2D eigenvalue weighted by Crippen LogP contribution is -2.45. The molecule has 1 aromatic heterocycles. The van der Waals surface area contributed by atoms with Gasteiger partial charge in [-0.1, -0.05) is 0 Å². The van der Waals surface area contributed by atoms with Gasteiger partial charge in [0.15, 0.2) is 0 Å². The predicted molar refractivity (Wildman–Crippen MR) is 63.0 cm³/mol. The SMILES string of the molecule is Cc1occc1C(=O)N(C)CC1CNCCO1. The molecule has 2 rings (SSSR count). The van der Waals surface area contributed by atoms with Crippen LogP contribution in [-0.4, -0.2) is 50.2 Å². The minimum absolute atomic E-state index is 0.0228. The standard InChI is InChI=1S/C12H18N2O3/c1-9-11(3-5-16-9)12(15)14(2)8-10-7-13-4-6-17-10/h3,5,10,13H,4,6-8H2,1-2H3. The number of nitrogens with one attached hydrogen (secondary N) is 1. The number of aryl methyl sites for hydroxylation is 1. The van der Waals surface area contributed by atoms with Gasteiger partial charge in [-0.25, -0.2) is 0 Å². The van der Waals surface area contributed by atoms with Crippen LogP contribution in [0.5, 0.6) is 0 Å². The molecule has 1 aliphatic rings. The summed E-state index contributed by atoms with van der Waals surface area (Å²) in [5, 5.41) is 3.24. The van der Waals surface area contributed by atoms with E-state index >= 15 is 0 Å². The zero-order valence-corrected chi connectivity index (χ0v) is 10.2. The van der Waals surface area contributed by atoms with Crippen molar-refractivity contribution in [2.45, 2.75) is 13.0 Å². The predicted octanol–water partition coefficient (Wildman–Crippen LogP) is 0.648. The third kappa shape index (κ3) is 2.87. The van der Waals surface area contributed by atoms with Crippen LogP contribution in [0.15, 0.2) is 16.7 Å². The number of hydrogen-bond acceptors (Lipinski definition) is 4. The number of amides is 1. The van der Waals surface area contributed by atoms with Gasteiger partial charge in [-0.3, -0.25) is 4.79 Å². The summed E-state index contributed by atoms with van der Waals surface area (Å²) < 4.78 is 10.7. The van der Waals surface area contributed by atoms with Gasteiger partial charge in [0, 0.05) is 26.7 Å². The number of ether oxygens (including phenoxy) is 1. The van der Waals surface area contributed by atoms with E-state index in [2.05, 4.69) is 5.32 Å². The molecule has 0 aromatic carbocycles. The van der Waals surface area contributed by atoms with Crippen molar-refractivity contribution in [3.8, 4) is 0 Å². The first-order valence-electron chi connectivity index (χ1n) is 5.80. The van der Waals surface area contributed by atoms with Crippen LogP contribution in [0.4, 0.5) is 0 Å². The van der Waals surface area contributed by atoms with Gasteiger partial charge in [-0.05, 0) is 13.0 Å². The highest BCUT2D eigenvalue weighted by Crippen LogP contribution is 2.12. The van der Waals surface area contributed by atoms with E-state index < -0.39 is 0 Å². The molecular formula is C12H18N2O3. The van der Waals surface area contributed by atoms with Crippen LogP contribution in [0.1, 0.15) is 16.1 Å². The summed E-state index contributed by atoms with van der Waals surface area (Å²) in [5.74, 6) is 0.634. The fourth-order valence-electron chi connectivity index (χ4n) is 1.94. The molecule has 0 bridgehead atoms. The Morgan fingerprint density at radius 3 is 3.06 bits per heavy atom. The van der Waals surface area contributed by atoms with E-state index in [0.717, 1.165) is 13.1 Å². The van der Waals surface area contributed by atoms with E-state index in [1.807, 2.05) is 0 Å². The van der Waals surface area contributed by atoms with E-state index in [4.69, 9.17) is 9.15 Å². The second-order valence-electron chi connectivity index (χ2n) is 4.27. The number of carbonyl (C=O) groups excluding carboxylic acids is 1. The molecule has 1 aromatic rings. The highest BCUT2D eigenvalue weighted by molar-refractivity contribution is 5.94. The summed E-state index contributed by atoms with van der Waals surface area (Å²) in [6.07, 6.45) is 1.61. The Labute approximate surface area is 101 Å². The molecule has 0 radical (unpaired) electrons. The first kappa shape index (κ1) is 12.1. The molecule has 1 N–H and O–H groups in total. The van der Waals surface area contributed by atoms with Crippen LogP contribution >= 0.6 is 0 Å². The molecule has 2 heterocycles. The fourth-order valence-corrected chi connectivity index (χ4v) is 1.94. The number of hydrogen-bond donors (Lipinski definition) is 1. The summed E-state index contributed by atoms with van der Waals surface area (Å²) in [7, 11) is 1.78. The lowest BCUT2D eigenvalue weighted by Gasteiger charge is -2.27. The lowest BCUT2D eigenvalue weighted by molar-refractivity contribution is 0.0103. The zero-order chi connectivity index (χ0) is 12.3. The molecule has 0 saturated carbocycles. The van der Waals surface area contributed by atoms with Crippen LogP contribution in [0.25, 0.3) is 0 Å². The molecule has 5 nitrogen and oxygen atoms in total. The van der Waals surface area contributed by atoms with Crippen LogP contribution in [-0.2, 0) is 4.74 Å². The highest BCUT2D eigenvalue weighted by atomic mass is 16.5. The lowest BCUT2D eigenvalue weighted by atomic mass is 10.2. The Kier molecular flexibility index (Phi) is 3.81. The Hall–Kier alpha value is -1.33. The van der Waals surface area contributed by atoms with Gasteiger partial charge < -0.3 is 19.4 Å². The van der Waals surface area contributed by atoms with Gasteiger partial charge in [0.05, 0.1) is 24.5 Å². The summed E-state index contributed by atoms with van der Waals surface area (Å²) in [4.78, 5) is 13.8. The molecule has 5 heteroatoms. The second kappa shape index (κ2) is 5.33. The van der Waals surface area contributed by atoms with Crippen LogP contribution in [0.2, 0.25) is 0 Å². The third-order valence-corrected chi connectivity index (χ3v) is 2.92. The molecule has 94 valence electrons. The molecule has 0 aliphatic carbocycles. The normalized spacial score (nSPS) is 20.2. The molecule has 17 heavy (non-hydrogen) atoms. The number of rotatable bonds is 3. The average molecular weight is 238 g/mol. The van der Waals surface area contributed by atoms with Crippen molar-refractivity contribution in [2.24, 2.45) is 0 Å². The first-order valence-corrected chi connectivity index (χ1v) is 5.80. The summed E-state index contributed by atoms with van der Waals surface area (Å²) in [6.45, 7) is 4.77. The molecule has 1 atom stereocenters. The minimum atomic E-state index is -0.0228. The van der Waals surface area contributed by atoms with Crippen molar-refractivity contribution in [3.63, 3.8) is 0 Å². The second-order valence-corrected chi connectivity index (χ2v) is 4.27. The number of furan rings is 1. The summed E-state index contributed by atoms with van der Waals surface area (Å²) >= 11 is 0. The Balaban J connectivity index is 1.93. The van der Waals surface area contributed by atoms with Gasteiger partial charge in [0.2, 0.25) is 0 Å². The maximum atomic E-state index is 12.1. The van der Waals surface area contributed by atoms with Crippen molar-refractivity contribution in [2.75, 3.05) is 33.3 Å². The maximum Gasteiger partial charge on any atom is 0.257 e. The van der Waals surface area contributed by atoms with Gasteiger partial charge in [-0.15, -0.1) is 0 Å². The molecule has 1 saturated heterocycles. The van der Waals surface area contributed by atoms with E-state index in [1.165, 1.54) is 6.26 Å². The first-order chi connectivity index (χ1) is 8.18. The molecule has 1 unspecified atom stereocenters. The van der Waals surface area contributed by atoms with Crippen LogP contribution in [0.3, 0.4) is 0 Å². The molecule has 1 amide bonds. The topological polar surface area (TPSA) is 54.7 Å². The summed E-state index contributed by atoms with van der Waals surface area (Å²) in [5.41, 5.74) is 0.622. The Bertz CT molecular complexity index is 383. The third-order valence-electron chi connectivity index (χ3n) is 2.92. The van der Waals surface area contributed by atoms with Crippen molar-refractivity contribution >= 4 is 5.91 Å². The molecular weight excluding hydrogens is 220 g/mol. The van der Waals surface area contributed by atoms with Crippen molar-refractivity contribution in [3.05, 3.63) is 23.7 Å². The van der Waals surface area contributed by atoms with Gasteiger partial charge in [0.1, 0.15) is 5.76 Å². The number of carbonyl (C=O) groups is 1. The molecule has 0 spiro atoms. The van der Waals surface area contributed by atoms with E-state index in [1.54, 1.807) is 24.9 Å². The maximum absolute atomic E-state index is 12.1. The monoisotopic (exact) mass is 238 g/mol. The Morgan fingerprint density at radius 1 is 1.65 bits per heavy atom. The number of morpholine rings is 1. The highest BCUT2D eigenvalue weighted by Gasteiger charge is 2.21. The zero-order valence-electron chi connectivity index (χ0n) is 10.2. The van der Waals surface area contributed by atoms with Gasteiger partial charge in [0.25, 0.3) is 5.91 Å². The van der Waals surface area contributed by atoms with Crippen LogP contribution < -0.4 is 5.32 Å². The van der Waals surface area contributed by atoms with Crippen molar-refractivity contribution < 1.29 is 13.9 Å². The smallest absolute Gasteiger partial charge is 0.257 e. The van der Waals surface area contributed by atoms with Gasteiger partial charge in [-0.2, -0.15) is 0 Å². The number of likely N-dealkylation sites (N-methyl/N-ethyl adjacent to an activating group) is 1. The quantitative estimate of drug-likeness (QED) is 0.840. The summed E-state index contributed by atoms with van der Waals surface area (Å²) in [6, 6.07) is 1.70. The number of nitrogens with zero attached hydrogens (tertiary/aromatic N) is 1. The van der Waals surface area contributed by atoms with Crippen LogP contribution in [0, 0.1) is 6.92 Å². The largest absolute Gasteiger partial charge is 0.469 e. The van der Waals surface area contributed by atoms with E-state index in [-0.39, 0.29) is 12.0 Å². The van der Waals surface area contributed by atoms with Crippen molar-refractivity contribution in [1.82, 2.24) is 10.2 Å². The van der Waals surface area contributed by atoms with E-state index in [0.29, 0.717) is 24.5 Å². The molecule has 1 fully saturated rings. The minimum Gasteiger partial charge on any atom is -0.469 e. The average Bonchev–Trinajstić information content (AvgIpc) is 2.76. The Morgan fingerprint density at radius 2 is 2.47 bits per heavy atom. The van der Waals surface area contributed by atoms with E-state index in [9.17, 15) is 4.79 Å².